The largest absolute Gasteiger partial charge is 0.400 e. The molecule has 1 rings (SSSR count). The molecule has 0 atom stereocenters. The number of thiocarbonyl (C=S) groups is 1. The smallest absolute Gasteiger partial charge is 0.345 e. The van der Waals surface area contributed by atoms with Crippen molar-refractivity contribution in [2.75, 3.05) is 0 Å². The van der Waals surface area contributed by atoms with Crippen molar-refractivity contribution in [2.45, 2.75) is 0 Å². The van der Waals surface area contributed by atoms with Crippen LogP contribution in [0, 0.1) is 0 Å². The molecule has 0 saturated carbocycles. The van der Waals surface area contributed by atoms with Crippen LogP contribution < -0.4 is 0 Å². The molecule has 0 amide bonds. The number of carbonyl (C=O) groups excluding carboxylic acids is 1. The SMILES string of the molecule is O=C(OC(=S)Cl)c1ccccc1. The second-order valence-corrected chi connectivity index (χ2v) is 2.93. The van der Waals surface area contributed by atoms with Crippen LogP contribution in [0.4, 0.5) is 0 Å². The zero-order chi connectivity index (χ0) is 8.97. The van der Waals surface area contributed by atoms with E-state index in [4.69, 9.17) is 11.6 Å². The van der Waals surface area contributed by atoms with Gasteiger partial charge in [0.2, 0.25) is 0 Å². The zero-order valence-electron chi connectivity index (χ0n) is 5.99. The Bertz CT molecular complexity index is 297. The minimum atomic E-state index is -0.532. The van der Waals surface area contributed by atoms with Gasteiger partial charge >= 0.3 is 5.97 Å². The quantitative estimate of drug-likeness (QED) is 0.396. The molecule has 1 aromatic rings. The highest BCUT2D eigenvalue weighted by Crippen LogP contribution is 2.02. The topological polar surface area (TPSA) is 26.3 Å². The fourth-order valence-corrected chi connectivity index (χ4v) is 0.852. The normalized spacial score (nSPS) is 9.08. The molecular weight excluding hydrogens is 196 g/mol. The summed E-state index contributed by atoms with van der Waals surface area (Å²) >= 11 is 9.61. The number of esters is 1. The van der Waals surface area contributed by atoms with Crippen LogP contribution in [0.5, 0.6) is 0 Å². The summed E-state index contributed by atoms with van der Waals surface area (Å²) in [6.07, 6.45) is 0. The summed E-state index contributed by atoms with van der Waals surface area (Å²) in [5.41, 5.74) is 0.431. The summed E-state index contributed by atoms with van der Waals surface area (Å²) in [7, 11) is 0. The van der Waals surface area contributed by atoms with E-state index in [1.54, 1.807) is 30.3 Å². The molecule has 0 spiro atoms. The first-order chi connectivity index (χ1) is 5.70. The number of hydrogen-bond donors (Lipinski definition) is 0. The van der Waals surface area contributed by atoms with Gasteiger partial charge in [-0.3, -0.25) is 0 Å². The maximum atomic E-state index is 11.1. The Morgan fingerprint density at radius 1 is 1.33 bits per heavy atom. The lowest BCUT2D eigenvalue weighted by Gasteiger charge is -1.98. The van der Waals surface area contributed by atoms with Crippen LogP contribution in [0.25, 0.3) is 0 Å². The highest BCUT2D eigenvalue weighted by Gasteiger charge is 2.06. The predicted molar refractivity (Wildman–Crippen MR) is 50.3 cm³/mol. The van der Waals surface area contributed by atoms with E-state index in [-0.39, 0.29) is 4.51 Å². The summed E-state index contributed by atoms with van der Waals surface area (Å²) in [4.78, 5) is 11.1. The lowest BCUT2D eigenvalue weighted by molar-refractivity contribution is 0.0728. The van der Waals surface area contributed by atoms with Gasteiger partial charge in [-0.15, -0.1) is 0 Å². The lowest BCUT2D eigenvalue weighted by atomic mass is 10.2. The third-order valence-corrected chi connectivity index (χ3v) is 1.34. The first kappa shape index (κ1) is 9.16. The maximum Gasteiger partial charge on any atom is 0.345 e. The van der Waals surface area contributed by atoms with Crippen molar-refractivity contribution < 1.29 is 9.53 Å². The number of carbonyl (C=O) groups is 1. The van der Waals surface area contributed by atoms with Crippen molar-refractivity contribution >= 4 is 34.3 Å². The molecule has 0 saturated heterocycles. The van der Waals surface area contributed by atoms with E-state index in [0.717, 1.165) is 0 Å². The molecule has 0 unspecified atom stereocenters. The van der Waals surface area contributed by atoms with E-state index in [1.165, 1.54) is 0 Å². The second-order valence-electron chi connectivity index (χ2n) is 1.99. The molecule has 0 aliphatic heterocycles. The van der Waals surface area contributed by atoms with E-state index in [1.807, 2.05) is 0 Å². The van der Waals surface area contributed by atoms with Crippen LogP contribution in [0.15, 0.2) is 30.3 Å². The molecule has 0 fully saturated rings. The Morgan fingerprint density at radius 2 is 1.92 bits per heavy atom. The van der Waals surface area contributed by atoms with Gasteiger partial charge < -0.3 is 4.74 Å². The molecule has 0 bridgehead atoms. The Labute approximate surface area is 80.1 Å². The molecule has 62 valence electrons. The van der Waals surface area contributed by atoms with Gasteiger partial charge in [0.25, 0.3) is 4.51 Å². The average molecular weight is 201 g/mol. The molecule has 0 heterocycles. The summed E-state index contributed by atoms with van der Waals surface area (Å²) in [5.74, 6) is -0.532. The minimum absolute atomic E-state index is 0.288. The van der Waals surface area contributed by atoms with Gasteiger partial charge in [-0.05, 0) is 36.0 Å². The molecule has 2 nitrogen and oxygen atoms in total. The van der Waals surface area contributed by atoms with Crippen LogP contribution in [-0.2, 0) is 4.74 Å². The summed E-state index contributed by atoms with van der Waals surface area (Å²) < 4.78 is 4.21. The number of halogens is 1. The molecule has 4 heteroatoms. The Kier molecular flexibility index (Phi) is 3.19. The highest BCUT2D eigenvalue weighted by molar-refractivity contribution is 7.82. The standard InChI is InChI=1S/C8H5ClO2S/c9-8(12)11-7(10)6-4-2-1-3-5-6/h1-5H. The Morgan fingerprint density at radius 3 is 2.42 bits per heavy atom. The maximum absolute atomic E-state index is 11.1. The van der Waals surface area contributed by atoms with E-state index in [9.17, 15) is 4.79 Å². The van der Waals surface area contributed by atoms with Crippen molar-refractivity contribution in [1.29, 1.82) is 0 Å². The van der Waals surface area contributed by atoms with Crippen molar-refractivity contribution in [3.05, 3.63) is 35.9 Å². The van der Waals surface area contributed by atoms with Gasteiger partial charge in [0.15, 0.2) is 0 Å². The average Bonchev–Trinajstić information content (AvgIpc) is 2.05. The van der Waals surface area contributed by atoms with Crippen molar-refractivity contribution in [1.82, 2.24) is 0 Å². The van der Waals surface area contributed by atoms with Gasteiger partial charge in [-0.2, -0.15) is 0 Å². The predicted octanol–water partition coefficient (Wildman–Crippen LogP) is 2.37. The van der Waals surface area contributed by atoms with Gasteiger partial charge in [0.05, 0.1) is 5.56 Å². The summed E-state index contributed by atoms with van der Waals surface area (Å²) in [5, 5.41) is 0. The number of ether oxygens (including phenoxy) is 1. The molecule has 0 aliphatic carbocycles. The molecule has 12 heavy (non-hydrogen) atoms. The Balaban J connectivity index is 2.73. The molecule has 0 N–H and O–H groups in total. The second kappa shape index (κ2) is 4.18. The van der Waals surface area contributed by atoms with Crippen molar-refractivity contribution in [2.24, 2.45) is 0 Å². The van der Waals surface area contributed by atoms with Gasteiger partial charge in [0, 0.05) is 0 Å². The van der Waals surface area contributed by atoms with E-state index in [2.05, 4.69) is 17.0 Å². The van der Waals surface area contributed by atoms with E-state index < -0.39 is 5.97 Å². The van der Waals surface area contributed by atoms with E-state index in [0.29, 0.717) is 5.56 Å². The van der Waals surface area contributed by atoms with Crippen LogP contribution in [0.1, 0.15) is 10.4 Å². The first-order valence-electron chi connectivity index (χ1n) is 3.17. The van der Waals surface area contributed by atoms with Gasteiger partial charge in [-0.25, -0.2) is 4.79 Å². The fraction of sp³-hybridized carbons (Fsp3) is 0. The number of hydrogen-bond acceptors (Lipinski definition) is 3. The van der Waals surface area contributed by atoms with Gasteiger partial charge in [0.1, 0.15) is 0 Å². The van der Waals surface area contributed by atoms with Crippen molar-refractivity contribution in [3.8, 4) is 0 Å². The third kappa shape index (κ3) is 2.60. The molecule has 0 radical (unpaired) electrons. The molecule has 0 aromatic heterocycles. The van der Waals surface area contributed by atoms with Crippen LogP contribution in [-0.4, -0.2) is 10.5 Å². The van der Waals surface area contributed by atoms with Crippen LogP contribution >= 0.6 is 23.8 Å². The van der Waals surface area contributed by atoms with Gasteiger partial charge in [-0.1, -0.05) is 18.2 Å². The van der Waals surface area contributed by atoms with E-state index >= 15 is 0 Å². The molecule has 0 aliphatic rings. The fourth-order valence-electron chi connectivity index (χ4n) is 0.706. The summed E-state index contributed by atoms with van der Waals surface area (Å²) in [6.45, 7) is 0. The number of rotatable bonds is 1. The van der Waals surface area contributed by atoms with Crippen LogP contribution in [0.2, 0.25) is 0 Å². The third-order valence-electron chi connectivity index (χ3n) is 1.18. The zero-order valence-corrected chi connectivity index (χ0v) is 7.56. The summed E-state index contributed by atoms with van der Waals surface area (Å²) in [6, 6.07) is 8.51. The van der Waals surface area contributed by atoms with Crippen molar-refractivity contribution in [3.63, 3.8) is 0 Å². The first-order valence-corrected chi connectivity index (χ1v) is 3.95. The number of benzene rings is 1. The lowest BCUT2D eigenvalue weighted by Crippen LogP contribution is -2.05. The minimum Gasteiger partial charge on any atom is -0.400 e. The molecular formula is C8H5ClO2S. The highest BCUT2D eigenvalue weighted by atomic mass is 35.5. The molecule has 1 aromatic carbocycles. The van der Waals surface area contributed by atoms with Crippen LogP contribution in [0.3, 0.4) is 0 Å². The monoisotopic (exact) mass is 200 g/mol. The Hall–Kier alpha value is -0.930.